The number of hydrogen-bond donors (Lipinski definition) is 1. The maximum atomic E-state index is 12.5. The first kappa shape index (κ1) is 21.5. The number of ether oxygens (including phenoxy) is 1. The minimum Gasteiger partial charge on any atom is -0.381 e. The van der Waals surface area contributed by atoms with Gasteiger partial charge in [-0.1, -0.05) is 0 Å². The highest BCUT2D eigenvalue weighted by atomic mass is 32.2. The molecule has 158 valence electrons. The third kappa shape index (κ3) is 4.86. The molecule has 0 aromatic carbocycles. The van der Waals surface area contributed by atoms with Gasteiger partial charge in [0.2, 0.25) is 0 Å². The highest BCUT2D eigenvalue weighted by Gasteiger charge is 2.42. The lowest BCUT2D eigenvalue weighted by Gasteiger charge is -2.34. The van der Waals surface area contributed by atoms with Crippen molar-refractivity contribution >= 4 is 27.1 Å². The molecule has 1 saturated heterocycles. The van der Waals surface area contributed by atoms with Crippen LogP contribution in [-0.4, -0.2) is 68.6 Å². The summed E-state index contributed by atoms with van der Waals surface area (Å²) in [5, 5.41) is 4.40. The van der Waals surface area contributed by atoms with E-state index >= 15 is 0 Å². The fourth-order valence-corrected chi connectivity index (χ4v) is 6.25. The van der Waals surface area contributed by atoms with Crippen molar-refractivity contribution in [3.8, 4) is 0 Å². The molecule has 1 fully saturated rings. The number of nitrogens with one attached hydrogen (secondary N) is 1. The molecular weight excluding hydrogens is 396 g/mol. The average molecular weight is 429 g/mol. The van der Waals surface area contributed by atoms with E-state index in [1.54, 1.807) is 11.3 Å². The molecule has 0 saturated carbocycles. The van der Waals surface area contributed by atoms with Gasteiger partial charge < -0.3 is 15.0 Å². The van der Waals surface area contributed by atoms with Crippen LogP contribution in [0.25, 0.3) is 0 Å². The highest BCUT2D eigenvalue weighted by molar-refractivity contribution is 7.92. The minimum atomic E-state index is -3.23. The molecule has 2 heterocycles. The Balaban J connectivity index is 1.74. The standard InChI is InChI=1S/C19H32N4O3S2/c1-4-20-18(21-14-19(28(3,24)25)9-11-26-12-10-19)23(2)13-17-22-15-7-5-6-8-16(15)27-17/h4-14H2,1-3H3,(H,20,21). The van der Waals surface area contributed by atoms with Gasteiger partial charge in [-0.15, -0.1) is 11.3 Å². The zero-order valence-electron chi connectivity index (χ0n) is 17.2. The molecule has 3 rings (SSSR count). The Kier molecular flexibility index (Phi) is 6.98. The lowest BCUT2D eigenvalue weighted by atomic mass is 9.99. The van der Waals surface area contributed by atoms with Crippen LogP contribution in [0, 0.1) is 0 Å². The molecule has 7 nitrogen and oxygen atoms in total. The zero-order valence-corrected chi connectivity index (χ0v) is 18.8. The number of aliphatic imine (C=N–C) groups is 1. The lowest BCUT2D eigenvalue weighted by Crippen LogP contribution is -2.47. The van der Waals surface area contributed by atoms with Crippen molar-refractivity contribution in [3.63, 3.8) is 0 Å². The van der Waals surface area contributed by atoms with Crippen LogP contribution in [0.5, 0.6) is 0 Å². The molecule has 0 radical (unpaired) electrons. The maximum Gasteiger partial charge on any atom is 0.194 e. The molecule has 9 heteroatoms. The van der Waals surface area contributed by atoms with Gasteiger partial charge in [-0.25, -0.2) is 13.4 Å². The van der Waals surface area contributed by atoms with Crippen LogP contribution in [-0.2, 0) is 34.0 Å². The minimum absolute atomic E-state index is 0.260. The Morgan fingerprint density at radius 3 is 2.68 bits per heavy atom. The molecule has 2 aliphatic rings. The number of rotatable bonds is 6. The van der Waals surface area contributed by atoms with Crippen LogP contribution in [0.15, 0.2) is 4.99 Å². The SMILES string of the molecule is CCNC(=NCC1(S(C)(=O)=O)CCOCC1)N(C)Cc1nc2c(s1)CCCC2. The molecule has 1 aromatic rings. The summed E-state index contributed by atoms with van der Waals surface area (Å²) in [5.74, 6) is 0.727. The molecule has 0 amide bonds. The molecule has 1 aliphatic carbocycles. The van der Waals surface area contributed by atoms with Gasteiger partial charge in [0.15, 0.2) is 15.8 Å². The monoisotopic (exact) mass is 428 g/mol. The molecule has 0 bridgehead atoms. The summed E-state index contributed by atoms with van der Waals surface area (Å²) in [5.41, 5.74) is 1.26. The van der Waals surface area contributed by atoms with Gasteiger partial charge in [-0.05, 0) is 45.4 Å². The summed E-state index contributed by atoms with van der Waals surface area (Å²) in [6.45, 7) is 4.63. The predicted octanol–water partition coefficient (Wildman–Crippen LogP) is 2.01. The summed E-state index contributed by atoms with van der Waals surface area (Å²) < 4.78 is 29.5. The Morgan fingerprint density at radius 1 is 1.32 bits per heavy atom. The summed E-state index contributed by atoms with van der Waals surface area (Å²) in [7, 11) is -1.24. The average Bonchev–Trinajstić information content (AvgIpc) is 3.07. The molecular formula is C19H32N4O3S2. The second-order valence-corrected chi connectivity index (χ2v) is 11.4. The Morgan fingerprint density at radius 2 is 2.04 bits per heavy atom. The Bertz CT molecular complexity index is 775. The van der Waals surface area contributed by atoms with E-state index in [1.807, 2.05) is 18.9 Å². The first-order valence-corrected chi connectivity index (χ1v) is 12.8. The van der Waals surface area contributed by atoms with Crippen molar-refractivity contribution in [2.24, 2.45) is 4.99 Å². The van der Waals surface area contributed by atoms with Crippen molar-refractivity contribution in [3.05, 3.63) is 15.6 Å². The predicted molar refractivity (Wildman–Crippen MR) is 114 cm³/mol. The Hall–Kier alpha value is -1.19. The largest absolute Gasteiger partial charge is 0.381 e. The summed E-state index contributed by atoms with van der Waals surface area (Å²) >= 11 is 1.80. The van der Waals surface area contributed by atoms with Gasteiger partial charge in [-0.2, -0.15) is 0 Å². The van der Waals surface area contributed by atoms with Gasteiger partial charge in [0.05, 0.1) is 23.5 Å². The van der Waals surface area contributed by atoms with Crippen LogP contribution in [0.1, 0.15) is 48.2 Å². The van der Waals surface area contributed by atoms with Gasteiger partial charge in [-0.3, -0.25) is 4.99 Å². The second-order valence-electron chi connectivity index (χ2n) is 7.78. The van der Waals surface area contributed by atoms with Crippen LogP contribution < -0.4 is 5.32 Å². The van der Waals surface area contributed by atoms with Crippen molar-refractivity contribution < 1.29 is 13.2 Å². The lowest BCUT2D eigenvalue weighted by molar-refractivity contribution is 0.0767. The third-order valence-corrected chi connectivity index (χ3v) is 8.92. The van der Waals surface area contributed by atoms with E-state index in [1.165, 1.54) is 29.7 Å². The van der Waals surface area contributed by atoms with Crippen molar-refractivity contribution in [1.82, 2.24) is 15.2 Å². The molecule has 0 spiro atoms. The van der Waals surface area contributed by atoms with E-state index in [2.05, 4.69) is 5.32 Å². The molecule has 0 atom stereocenters. The second kappa shape index (κ2) is 9.09. The normalized spacial score (nSPS) is 19.9. The number of sulfone groups is 1. The van der Waals surface area contributed by atoms with Gasteiger partial charge in [0.25, 0.3) is 0 Å². The van der Waals surface area contributed by atoms with Gasteiger partial charge in [0.1, 0.15) is 5.01 Å². The maximum absolute atomic E-state index is 12.5. The summed E-state index contributed by atoms with van der Waals surface area (Å²) in [6, 6.07) is 0. The molecule has 28 heavy (non-hydrogen) atoms. The number of guanidine groups is 1. The van der Waals surface area contributed by atoms with Crippen molar-refractivity contribution in [2.45, 2.75) is 56.7 Å². The summed E-state index contributed by atoms with van der Waals surface area (Å²) in [4.78, 5) is 13.0. The molecule has 0 unspecified atom stereocenters. The number of fused-ring (bicyclic) bond motifs is 1. The summed E-state index contributed by atoms with van der Waals surface area (Å²) in [6.07, 6.45) is 7.03. The van der Waals surface area contributed by atoms with Gasteiger partial charge >= 0.3 is 0 Å². The zero-order chi connectivity index (χ0) is 20.2. The number of thiazole rings is 1. The van der Waals surface area contributed by atoms with E-state index in [4.69, 9.17) is 14.7 Å². The van der Waals surface area contributed by atoms with E-state index in [9.17, 15) is 8.42 Å². The molecule has 1 aromatic heterocycles. The Labute approximate surface area is 172 Å². The molecule has 1 aliphatic heterocycles. The first-order valence-electron chi connectivity index (χ1n) is 10.1. The van der Waals surface area contributed by atoms with Crippen molar-refractivity contribution in [2.75, 3.05) is 39.6 Å². The van der Waals surface area contributed by atoms with Crippen LogP contribution >= 0.6 is 11.3 Å². The number of hydrogen-bond acceptors (Lipinski definition) is 6. The van der Waals surface area contributed by atoms with E-state index in [0.717, 1.165) is 30.4 Å². The van der Waals surface area contributed by atoms with Gasteiger partial charge in [0, 0.05) is 37.9 Å². The smallest absolute Gasteiger partial charge is 0.194 e. The number of nitrogens with zero attached hydrogens (tertiary/aromatic N) is 3. The van der Waals surface area contributed by atoms with E-state index in [0.29, 0.717) is 32.6 Å². The number of aryl methyl sites for hydroxylation is 2. The van der Waals surface area contributed by atoms with Crippen LogP contribution in [0.3, 0.4) is 0 Å². The van der Waals surface area contributed by atoms with Crippen molar-refractivity contribution in [1.29, 1.82) is 0 Å². The van der Waals surface area contributed by atoms with Crippen LogP contribution in [0.4, 0.5) is 0 Å². The fourth-order valence-electron chi connectivity index (χ4n) is 3.83. The third-order valence-electron chi connectivity index (χ3n) is 5.67. The first-order chi connectivity index (χ1) is 13.3. The highest BCUT2D eigenvalue weighted by Crippen LogP contribution is 2.30. The molecule has 1 N–H and O–H groups in total. The quantitative estimate of drug-likeness (QED) is 0.551. The number of aromatic nitrogens is 1. The van der Waals surface area contributed by atoms with E-state index in [-0.39, 0.29) is 6.54 Å². The van der Waals surface area contributed by atoms with E-state index < -0.39 is 14.6 Å². The fraction of sp³-hybridized carbons (Fsp3) is 0.789. The topological polar surface area (TPSA) is 83.9 Å². The van der Waals surface area contributed by atoms with Crippen LogP contribution in [0.2, 0.25) is 0 Å².